The number of pyridine rings is 1. The fourth-order valence-electron chi connectivity index (χ4n) is 3.88. The number of benzene rings is 2. The minimum absolute atomic E-state index is 0.581. The summed E-state index contributed by atoms with van der Waals surface area (Å²) in [6.07, 6.45) is 4.35. The predicted molar refractivity (Wildman–Crippen MR) is 136 cm³/mol. The van der Waals surface area contributed by atoms with Crippen molar-refractivity contribution in [2.24, 2.45) is 5.92 Å². The van der Waals surface area contributed by atoms with E-state index >= 15 is 0 Å². The lowest BCUT2D eigenvalue weighted by molar-refractivity contribution is 0.498. The zero-order chi connectivity index (χ0) is 23.3. The molecule has 5 rings (SSSR count). The van der Waals surface area contributed by atoms with E-state index in [4.69, 9.17) is 10.1 Å². The van der Waals surface area contributed by atoms with Crippen molar-refractivity contribution >= 4 is 22.7 Å². The van der Waals surface area contributed by atoms with Gasteiger partial charge < -0.3 is 4.57 Å². The van der Waals surface area contributed by atoms with Gasteiger partial charge in [0.2, 0.25) is 0 Å². The largest absolute Gasteiger partial charge is 0.302 e. The summed E-state index contributed by atoms with van der Waals surface area (Å²) in [5.41, 5.74) is 4.04. The van der Waals surface area contributed by atoms with Gasteiger partial charge in [0.15, 0.2) is 11.0 Å². The Morgan fingerprint density at radius 2 is 1.76 bits per heavy atom. The standard InChI is InChI=1S/C26H27N7S/c1-19(2)12-13-33-25(30-31-26(33)34-15-14-32-18-27-17-28-32)22-16-24(20-8-4-3-5-9-20)29-23-11-7-6-10-21(22)23/h3-11,16-19H,12-15H2,1-2H3. The molecule has 2 aromatic carbocycles. The summed E-state index contributed by atoms with van der Waals surface area (Å²) in [4.78, 5) is 8.97. The van der Waals surface area contributed by atoms with Gasteiger partial charge in [0.1, 0.15) is 12.7 Å². The maximum Gasteiger partial charge on any atom is 0.191 e. The zero-order valence-electron chi connectivity index (χ0n) is 19.4. The van der Waals surface area contributed by atoms with E-state index in [1.54, 1.807) is 24.4 Å². The molecule has 7 nitrogen and oxygen atoms in total. The molecule has 0 N–H and O–H groups in total. The van der Waals surface area contributed by atoms with Gasteiger partial charge in [-0.05, 0) is 24.5 Å². The van der Waals surface area contributed by atoms with Crippen LogP contribution in [0, 0.1) is 5.92 Å². The van der Waals surface area contributed by atoms with Crippen molar-refractivity contribution in [2.75, 3.05) is 5.75 Å². The van der Waals surface area contributed by atoms with Crippen molar-refractivity contribution < 1.29 is 0 Å². The van der Waals surface area contributed by atoms with E-state index in [2.05, 4.69) is 70.0 Å². The van der Waals surface area contributed by atoms with E-state index in [9.17, 15) is 0 Å². The van der Waals surface area contributed by atoms with Gasteiger partial charge in [0.05, 0.1) is 17.8 Å². The number of aromatic nitrogens is 7. The van der Waals surface area contributed by atoms with Crippen molar-refractivity contribution in [3.8, 4) is 22.6 Å². The molecule has 172 valence electrons. The molecule has 0 bridgehead atoms. The van der Waals surface area contributed by atoms with Crippen LogP contribution >= 0.6 is 11.8 Å². The Kier molecular flexibility index (Phi) is 6.67. The van der Waals surface area contributed by atoms with Gasteiger partial charge in [-0.15, -0.1) is 10.2 Å². The molecule has 0 amide bonds. The van der Waals surface area contributed by atoms with Crippen LogP contribution in [0.2, 0.25) is 0 Å². The van der Waals surface area contributed by atoms with E-state index in [-0.39, 0.29) is 0 Å². The topological polar surface area (TPSA) is 74.3 Å². The highest BCUT2D eigenvalue weighted by atomic mass is 32.2. The molecule has 0 unspecified atom stereocenters. The van der Waals surface area contributed by atoms with E-state index < -0.39 is 0 Å². The first-order chi connectivity index (χ1) is 16.7. The van der Waals surface area contributed by atoms with Gasteiger partial charge in [-0.1, -0.05) is 74.1 Å². The number of nitrogens with zero attached hydrogens (tertiary/aromatic N) is 7. The first kappa shape index (κ1) is 22.3. The number of hydrogen-bond donors (Lipinski definition) is 0. The number of para-hydroxylation sites is 1. The maximum absolute atomic E-state index is 4.94. The molecule has 0 radical (unpaired) electrons. The first-order valence-corrected chi connectivity index (χ1v) is 12.5. The summed E-state index contributed by atoms with van der Waals surface area (Å²) in [6.45, 7) is 6.13. The van der Waals surface area contributed by atoms with Gasteiger partial charge >= 0.3 is 0 Å². The summed E-state index contributed by atoms with van der Waals surface area (Å²) in [6, 6.07) is 20.7. The Morgan fingerprint density at radius 3 is 2.56 bits per heavy atom. The molecule has 0 saturated carbocycles. The molecule has 0 aliphatic heterocycles. The molecule has 0 fully saturated rings. The summed E-state index contributed by atoms with van der Waals surface area (Å²) in [5, 5.41) is 15.5. The summed E-state index contributed by atoms with van der Waals surface area (Å²) in [5.74, 6) is 2.31. The average Bonchev–Trinajstić information content (AvgIpc) is 3.53. The summed E-state index contributed by atoms with van der Waals surface area (Å²) >= 11 is 1.70. The minimum Gasteiger partial charge on any atom is -0.302 e. The molecule has 5 aromatic rings. The molecule has 34 heavy (non-hydrogen) atoms. The SMILES string of the molecule is CC(C)CCn1c(SCCn2cncn2)nnc1-c1cc(-c2ccccc2)nc2ccccc12. The van der Waals surface area contributed by atoms with Crippen LogP contribution < -0.4 is 0 Å². The van der Waals surface area contributed by atoms with Crippen LogP contribution in [0.25, 0.3) is 33.5 Å². The third-order valence-corrected chi connectivity index (χ3v) is 6.64. The Balaban J connectivity index is 1.56. The van der Waals surface area contributed by atoms with E-state index in [1.807, 2.05) is 28.9 Å². The normalized spacial score (nSPS) is 11.5. The molecule has 0 aliphatic rings. The van der Waals surface area contributed by atoms with E-state index in [1.165, 1.54) is 0 Å². The maximum atomic E-state index is 4.94. The van der Waals surface area contributed by atoms with Gasteiger partial charge in [-0.2, -0.15) is 5.10 Å². The molecule has 0 saturated heterocycles. The lowest BCUT2D eigenvalue weighted by Gasteiger charge is -2.14. The van der Waals surface area contributed by atoms with E-state index in [0.717, 1.165) is 64.0 Å². The quantitative estimate of drug-likeness (QED) is 0.262. The Labute approximate surface area is 203 Å². The van der Waals surface area contributed by atoms with Crippen LogP contribution in [0.1, 0.15) is 20.3 Å². The Bertz CT molecular complexity index is 1360. The minimum atomic E-state index is 0.581. The molecular formula is C26H27N7S. The van der Waals surface area contributed by atoms with Crippen LogP contribution in [-0.4, -0.2) is 40.3 Å². The lowest BCUT2D eigenvalue weighted by Crippen LogP contribution is -2.07. The lowest BCUT2D eigenvalue weighted by atomic mass is 10.0. The molecule has 0 spiro atoms. The molecule has 3 aromatic heterocycles. The van der Waals surface area contributed by atoms with Crippen molar-refractivity contribution in [1.82, 2.24) is 34.5 Å². The monoisotopic (exact) mass is 469 g/mol. The van der Waals surface area contributed by atoms with Crippen LogP contribution in [0.3, 0.4) is 0 Å². The Morgan fingerprint density at radius 1 is 0.941 bits per heavy atom. The van der Waals surface area contributed by atoms with Crippen LogP contribution in [0.15, 0.2) is 78.5 Å². The predicted octanol–water partition coefficient (Wildman–Crippen LogP) is 5.59. The third kappa shape index (κ3) is 4.87. The third-order valence-electron chi connectivity index (χ3n) is 5.69. The number of fused-ring (bicyclic) bond motifs is 1. The van der Waals surface area contributed by atoms with E-state index in [0.29, 0.717) is 5.92 Å². The van der Waals surface area contributed by atoms with Gasteiger partial charge in [-0.3, -0.25) is 4.68 Å². The highest BCUT2D eigenvalue weighted by molar-refractivity contribution is 7.99. The Hall–Kier alpha value is -3.52. The second kappa shape index (κ2) is 10.2. The van der Waals surface area contributed by atoms with Gasteiger partial charge in [-0.25, -0.2) is 9.97 Å². The van der Waals surface area contributed by atoms with Gasteiger partial charge in [0, 0.05) is 28.8 Å². The average molecular weight is 470 g/mol. The number of rotatable bonds is 9. The number of thioether (sulfide) groups is 1. The highest BCUT2D eigenvalue weighted by Crippen LogP contribution is 2.33. The summed E-state index contributed by atoms with van der Waals surface area (Å²) in [7, 11) is 0. The second-order valence-electron chi connectivity index (χ2n) is 8.59. The molecule has 3 heterocycles. The van der Waals surface area contributed by atoms with Crippen molar-refractivity contribution in [3.05, 3.63) is 73.3 Å². The fourth-order valence-corrected chi connectivity index (χ4v) is 4.77. The second-order valence-corrected chi connectivity index (χ2v) is 9.65. The van der Waals surface area contributed by atoms with Crippen LogP contribution in [-0.2, 0) is 13.1 Å². The molecule has 0 aliphatic carbocycles. The van der Waals surface area contributed by atoms with Crippen molar-refractivity contribution in [2.45, 2.75) is 38.5 Å². The van der Waals surface area contributed by atoms with Crippen LogP contribution in [0.5, 0.6) is 0 Å². The molecular weight excluding hydrogens is 442 g/mol. The molecule has 0 atom stereocenters. The van der Waals surface area contributed by atoms with Gasteiger partial charge in [0.25, 0.3) is 0 Å². The van der Waals surface area contributed by atoms with Crippen molar-refractivity contribution in [1.29, 1.82) is 0 Å². The zero-order valence-corrected chi connectivity index (χ0v) is 20.2. The van der Waals surface area contributed by atoms with Crippen molar-refractivity contribution in [3.63, 3.8) is 0 Å². The molecule has 8 heteroatoms. The highest BCUT2D eigenvalue weighted by Gasteiger charge is 2.18. The smallest absolute Gasteiger partial charge is 0.191 e. The van der Waals surface area contributed by atoms with Crippen LogP contribution in [0.4, 0.5) is 0 Å². The summed E-state index contributed by atoms with van der Waals surface area (Å²) < 4.78 is 4.10. The fraction of sp³-hybridized carbons (Fsp3) is 0.269. The number of aryl methyl sites for hydroxylation is 1. The first-order valence-electron chi connectivity index (χ1n) is 11.5. The number of hydrogen-bond acceptors (Lipinski definition) is 6.